The number of nitrogens with one attached hydrogen (secondary N) is 1. The predicted octanol–water partition coefficient (Wildman–Crippen LogP) is 2.51. The zero-order valence-corrected chi connectivity index (χ0v) is 11.0. The lowest BCUT2D eigenvalue weighted by molar-refractivity contribution is 0.232. The Hall–Kier alpha value is -1.68. The van der Waals surface area contributed by atoms with Crippen LogP contribution in [0.3, 0.4) is 0 Å². The van der Waals surface area contributed by atoms with Crippen molar-refractivity contribution in [2.75, 3.05) is 6.61 Å². The summed E-state index contributed by atoms with van der Waals surface area (Å²) < 4.78 is 0. The van der Waals surface area contributed by atoms with Crippen LogP contribution in [0.25, 0.3) is 11.4 Å². The van der Waals surface area contributed by atoms with Gasteiger partial charge in [-0.05, 0) is 25.0 Å². The van der Waals surface area contributed by atoms with Gasteiger partial charge in [0.05, 0.1) is 12.3 Å². The Bertz CT molecular complexity index is 505. The maximum atomic E-state index is 9.44. The minimum Gasteiger partial charge on any atom is -0.396 e. The molecule has 0 aliphatic rings. The Morgan fingerprint density at radius 2 is 2.11 bits per heavy atom. The Kier molecular flexibility index (Phi) is 3.77. The Morgan fingerprint density at radius 1 is 1.33 bits per heavy atom. The number of hydrogen-bond acceptors (Lipinski definition) is 3. The predicted molar refractivity (Wildman–Crippen MR) is 71.2 cm³/mol. The van der Waals surface area contributed by atoms with Crippen molar-refractivity contribution in [2.24, 2.45) is 5.92 Å². The second-order valence-electron chi connectivity index (χ2n) is 4.84. The first-order valence-corrected chi connectivity index (χ1v) is 6.22. The number of nitrogens with zero attached hydrogens (tertiary/aromatic N) is 2. The number of aromatic amines is 1. The fourth-order valence-electron chi connectivity index (χ4n) is 2.02. The van der Waals surface area contributed by atoms with Crippen LogP contribution >= 0.6 is 0 Å². The largest absolute Gasteiger partial charge is 0.396 e. The number of aromatic nitrogens is 3. The molecule has 2 heterocycles. The molecule has 0 saturated heterocycles. The third-order valence-corrected chi connectivity index (χ3v) is 3.16. The molecule has 0 aliphatic carbocycles. The van der Waals surface area contributed by atoms with Crippen LogP contribution in [0.2, 0.25) is 0 Å². The number of aliphatic hydroxyl groups excluding tert-OH is 1. The van der Waals surface area contributed by atoms with Gasteiger partial charge in [0.2, 0.25) is 0 Å². The van der Waals surface area contributed by atoms with Crippen molar-refractivity contribution < 1.29 is 5.11 Å². The summed E-state index contributed by atoms with van der Waals surface area (Å²) in [6.07, 6.45) is 1.76. The SMILES string of the molecule is Cc1[nH]c(C(CO)C(C)C)nc1-c1ccccn1. The molecule has 0 bridgehead atoms. The van der Waals surface area contributed by atoms with Crippen molar-refractivity contribution in [1.29, 1.82) is 0 Å². The molecule has 1 atom stereocenters. The number of aryl methyl sites for hydroxylation is 1. The first-order chi connectivity index (χ1) is 8.63. The van der Waals surface area contributed by atoms with Crippen molar-refractivity contribution in [3.63, 3.8) is 0 Å². The third-order valence-electron chi connectivity index (χ3n) is 3.16. The van der Waals surface area contributed by atoms with Crippen LogP contribution in [0, 0.1) is 12.8 Å². The standard InChI is InChI=1S/C14H19N3O/c1-9(2)11(8-18)14-16-10(3)13(17-14)12-6-4-5-7-15-12/h4-7,9,11,18H,8H2,1-3H3,(H,16,17). The molecule has 2 aromatic heterocycles. The van der Waals surface area contributed by atoms with Crippen molar-refractivity contribution in [3.05, 3.63) is 35.9 Å². The highest BCUT2D eigenvalue weighted by atomic mass is 16.3. The molecule has 18 heavy (non-hydrogen) atoms. The summed E-state index contributed by atoms with van der Waals surface area (Å²) in [5.74, 6) is 1.23. The maximum Gasteiger partial charge on any atom is 0.112 e. The minimum atomic E-state index is 0.0427. The lowest BCUT2D eigenvalue weighted by atomic mass is 9.96. The zero-order chi connectivity index (χ0) is 13.1. The minimum absolute atomic E-state index is 0.0427. The quantitative estimate of drug-likeness (QED) is 0.870. The van der Waals surface area contributed by atoms with Gasteiger partial charge in [-0.1, -0.05) is 19.9 Å². The lowest BCUT2D eigenvalue weighted by Gasteiger charge is -2.14. The number of pyridine rings is 1. The van der Waals surface area contributed by atoms with Crippen molar-refractivity contribution >= 4 is 0 Å². The molecule has 0 aromatic carbocycles. The summed E-state index contributed by atoms with van der Waals surface area (Å²) >= 11 is 0. The fourth-order valence-corrected chi connectivity index (χ4v) is 2.02. The molecular formula is C14H19N3O. The second kappa shape index (κ2) is 5.31. The molecule has 0 aliphatic heterocycles. The van der Waals surface area contributed by atoms with Crippen LogP contribution in [0.15, 0.2) is 24.4 Å². The molecule has 0 fully saturated rings. The van der Waals surface area contributed by atoms with Crippen molar-refractivity contribution in [3.8, 4) is 11.4 Å². The smallest absolute Gasteiger partial charge is 0.112 e. The van der Waals surface area contributed by atoms with E-state index < -0.39 is 0 Å². The molecule has 0 spiro atoms. The first kappa shape index (κ1) is 12.8. The van der Waals surface area contributed by atoms with Gasteiger partial charge in [-0.2, -0.15) is 0 Å². The lowest BCUT2D eigenvalue weighted by Crippen LogP contribution is -2.12. The molecule has 4 nitrogen and oxygen atoms in total. The Balaban J connectivity index is 2.38. The number of imidazole rings is 1. The number of rotatable bonds is 4. The fraction of sp³-hybridized carbons (Fsp3) is 0.429. The molecule has 2 aromatic rings. The summed E-state index contributed by atoms with van der Waals surface area (Å²) in [4.78, 5) is 12.2. The normalized spacial score (nSPS) is 12.9. The van der Waals surface area contributed by atoms with E-state index in [1.165, 1.54) is 0 Å². The van der Waals surface area contributed by atoms with E-state index in [2.05, 4.69) is 28.8 Å². The first-order valence-electron chi connectivity index (χ1n) is 6.22. The Labute approximate surface area is 107 Å². The highest BCUT2D eigenvalue weighted by Crippen LogP contribution is 2.26. The van der Waals surface area contributed by atoms with Gasteiger partial charge < -0.3 is 10.1 Å². The molecule has 1 unspecified atom stereocenters. The van der Waals surface area contributed by atoms with Crippen LogP contribution in [0.1, 0.15) is 31.3 Å². The van der Waals surface area contributed by atoms with Gasteiger partial charge >= 0.3 is 0 Å². The average Bonchev–Trinajstić information content (AvgIpc) is 2.73. The van der Waals surface area contributed by atoms with Crippen LogP contribution in [0.4, 0.5) is 0 Å². The molecular weight excluding hydrogens is 226 g/mol. The van der Waals surface area contributed by atoms with Gasteiger partial charge in [-0.3, -0.25) is 4.98 Å². The number of H-pyrrole nitrogens is 1. The van der Waals surface area contributed by atoms with Crippen LogP contribution < -0.4 is 0 Å². The highest BCUT2D eigenvalue weighted by Gasteiger charge is 2.20. The zero-order valence-electron chi connectivity index (χ0n) is 11.0. The summed E-state index contributed by atoms with van der Waals surface area (Å²) in [6, 6.07) is 5.77. The molecule has 96 valence electrons. The van der Waals surface area contributed by atoms with E-state index in [9.17, 15) is 5.11 Å². The van der Waals surface area contributed by atoms with Gasteiger partial charge in [-0.25, -0.2) is 4.98 Å². The van der Waals surface area contributed by atoms with Crippen molar-refractivity contribution in [1.82, 2.24) is 15.0 Å². The third kappa shape index (κ3) is 2.43. The van der Waals surface area contributed by atoms with Gasteiger partial charge in [0, 0.05) is 17.8 Å². The molecule has 0 saturated carbocycles. The molecule has 2 rings (SSSR count). The number of hydrogen-bond donors (Lipinski definition) is 2. The van der Waals surface area contributed by atoms with Crippen LogP contribution in [-0.4, -0.2) is 26.7 Å². The van der Waals surface area contributed by atoms with E-state index in [4.69, 9.17) is 0 Å². The monoisotopic (exact) mass is 245 g/mol. The van der Waals surface area contributed by atoms with Crippen LogP contribution in [0.5, 0.6) is 0 Å². The van der Waals surface area contributed by atoms with Crippen LogP contribution in [-0.2, 0) is 0 Å². The van der Waals surface area contributed by atoms with Gasteiger partial charge in [0.25, 0.3) is 0 Å². The molecule has 2 N–H and O–H groups in total. The van der Waals surface area contributed by atoms with E-state index in [0.717, 1.165) is 22.9 Å². The molecule has 4 heteroatoms. The van der Waals surface area contributed by atoms with Gasteiger partial charge in [0.15, 0.2) is 0 Å². The topological polar surface area (TPSA) is 61.8 Å². The van der Waals surface area contributed by atoms with E-state index in [-0.39, 0.29) is 12.5 Å². The average molecular weight is 245 g/mol. The second-order valence-corrected chi connectivity index (χ2v) is 4.84. The maximum absolute atomic E-state index is 9.44. The summed E-state index contributed by atoms with van der Waals surface area (Å²) in [7, 11) is 0. The van der Waals surface area contributed by atoms with Gasteiger partial charge in [0.1, 0.15) is 11.5 Å². The summed E-state index contributed by atoms with van der Waals surface area (Å²) in [5, 5.41) is 9.44. The van der Waals surface area contributed by atoms with E-state index in [0.29, 0.717) is 5.92 Å². The van der Waals surface area contributed by atoms with E-state index >= 15 is 0 Å². The van der Waals surface area contributed by atoms with E-state index in [1.807, 2.05) is 25.1 Å². The van der Waals surface area contributed by atoms with Gasteiger partial charge in [-0.15, -0.1) is 0 Å². The molecule has 0 amide bonds. The highest BCUT2D eigenvalue weighted by molar-refractivity contribution is 5.57. The summed E-state index contributed by atoms with van der Waals surface area (Å²) in [5.41, 5.74) is 2.71. The van der Waals surface area contributed by atoms with Crippen molar-refractivity contribution in [2.45, 2.75) is 26.7 Å². The Morgan fingerprint density at radius 3 is 2.67 bits per heavy atom. The number of aliphatic hydroxyl groups is 1. The van der Waals surface area contributed by atoms with E-state index in [1.54, 1.807) is 6.20 Å². The molecule has 0 radical (unpaired) electrons. The summed E-state index contributed by atoms with van der Waals surface area (Å²) in [6.45, 7) is 6.25.